The molecule has 1 aromatic rings. The van der Waals surface area contributed by atoms with Gasteiger partial charge in [0.25, 0.3) is 0 Å². The van der Waals surface area contributed by atoms with E-state index < -0.39 is 10.0 Å². The molecule has 0 aliphatic carbocycles. The largest absolute Gasteiger partial charge is 0.296 e. The van der Waals surface area contributed by atoms with E-state index in [-0.39, 0.29) is 0 Å². The number of hydrogen-bond acceptors (Lipinski definition) is 4. The van der Waals surface area contributed by atoms with Gasteiger partial charge < -0.3 is 0 Å². The van der Waals surface area contributed by atoms with Crippen molar-refractivity contribution >= 4 is 10.0 Å². The molecule has 0 saturated carbocycles. The number of piperazine rings is 1. The molecule has 0 radical (unpaired) electrons. The first-order valence-corrected chi connectivity index (χ1v) is 7.47. The van der Waals surface area contributed by atoms with Crippen molar-refractivity contribution in [1.29, 1.82) is 0 Å². The summed E-state index contributed by atoms with van der Waals surface area (Å²) in [6.07, 6.45) is 4.83. The van der Waals surface area contributed by atoms with Crippen LogP contribution in [0.15, 0.2) is 24.5 Å². The summed E-state index contributed by atoms with van der Waals surface area (Å²) in [6.45, 7) is 3.61. The Labute approximate surface area is 102 Å². The highest BCUT2D eigenvalue weighted by atomic mass is 32.2. The second-order valence-corrected chi connectivity index (χ2v) is 6.28. The van der Waals surface area contributed by atoms with Crippen molar-refractivity contribution in [2.24, 2.45) is 0 Å². The number of sulfonamides is 1. The van der Waals surface area contributed by atoms with Crippen LogP contribution in [0.25, 0.3) is 0 Å². The van der Waals surface area contributed by atoms with Crippen molar-refractivity contribution in [1.82, 2.24) is 14.2 Å². The van der Waals surface area contributed by atoms with Crippen LogP contribution in [0.2, 0.25) is 0 Å². The van der Waals surface area contributed by atoms with Crippen molar-refractivity contribution < 1.29 is 8.42 Å². The molecule has 0 amide bonds. The SMILES string of the molecule is CS(=O)(=O)N1CCN(Cc2ccncc2)CC1. The number of nitrogens with zero attached hydrogens (tertiary/aromatic N) is 3. The van der Waals surface area contributed by atoms with Crippen LogP contribution >= 0.6 is 0 Å². The Bertz CT molecular complexity index is 453. The second kappa shape index (κ2) is 5.12. The molecule has 94 valence electrons. The molecule has 0 unspecified atom stereocenters. The Morgan fingerprint density at radius 2 is 1.76 bits per heavy atom. The average molecular weight is 255 g/mol. The molecule has 6 heteroatoms. The molecule has 17 heavy (non-hydrogen) atoms. The topological polar surface area (TPSA) is 53.5 Å². The van der Waals surface area contributed by atoms with E-state index in [2.05, 4.69) is 9.88 Å². The van der Waals surface area contributed by atoms with E-state index in [1.165, 1.54) is 16.1 Å². The minimum absolute atomic E-state index is 0.587. The highest BCUT2D eigenvalue weighted by Crippen LogP contribution is 2.09. The van der Waals surface area contributed by atoms with Crippen molar-refractivity contribution in [3.63, 3.8) is 0 Å². The normalized spacial score (nSPS) is 19.4. The Balaban J connectivity index is 1.88. The maximum absolute atomic E-state index is 11.4. The predicted molar refractivity (Wildman–Crippen MR) is 65.9 cm³/mol. The summed E-state index contributed by atoms with van der Waals surface area (Å²) < 4.78 is 24.2. The molecule has 5 nitrogen and oxygen atoms in total. The molecule has 1 aliphatic heterocycles. The zero-order valence-corrected chi connectivity index (χ0v) is 10.7. The fraction of sp³-hybridized carbons (Fsp3) is 0.545. The van der Waals surface area contributed by atoms with Crippen LogP contribution in [0.4, 0.5) is 0 Å². The van der Waals surface area contributed by atoms with E-state index in [4.69, 9.17) is 0 Å². The molecule has 0 bridgehead atoms. The summed E-state index contributed by atoms with van der Waals surface area (Å²) in [7, 11) is -3.03. The van der Waals surface area contributed by atoms with E-state index in [9.17, 15) is 8.42 Å². The lowest BCUT2D eigenvalue weighted by molar-refractivity contribution is 0.182. The third-order valence-electron chi connectivity index (χ3n) is 2.96. The van der Waals surface area contributed by atoms with Crippen LogP contribution in [-0.2, 0) is 16.6 Å². The van der Waals surface area contributed by atoms with Crippen molar-refractivity contribution in [2.45, 2.75) is 6.54 Å². The van der Waals surface area contributed by atoms with E-state index in [1.807, 2.05) is 12.1 Å². The average Bonchev–Trinajstić information content (AvgIpc) is 2.30. The van der Waals surface area contributed by atoms with Crippen LogP contribution in [0.5, 0.6) is 0 Å². The highest BCUT2D eigenvalue weighted by molar-refractivity contribution is 7.88. The van der Waals surface area contributed by atoms with Crippen molar-refractivity contribution in [2.75, 3.05) is 32.4 Å². The molecule has 2 rings (SSSR count). The standard InChI is InChI=1S/C11H17N3O2S/c1-17(15,16)14-8-6-13(7-9-14)10-11-2-4-12-5-3-11/h2-5H,6-10H2,1H3. The van der Waals surface area contributed by atoms with Gasteiger partial charge in [-0.25, -0.2) is 8.42 Å². The van der Waals surface area contributed by atoms with Gasteiger partial charge in [-0.2, -0.15) is 4.31 Å². The van der Waals surface area contributed by atoms with Gasteiger partial charge in [-0.15, -0.1) is 0 Å². The van der Waals surface area contributed by atoms with Crippen LogP contribution in [0.3, 0.4) is 0 Å². The lowest BCUT2D eigenvalue weighted by Gasteiger charge is -2.33. The van der Waals surface area contributed by atoms with Crippen LogP contribution < -0.4 is 0 Å². The van der Waals surface area contributed by atoms with Gasteiger partial charge in [0.15, 0.2) is 0 Å². The minimum Gasteiger partial charge on any atom is -0.296 e. The molecule has 0 aromatic carbocycles. The first-order chi connectivity index (χ1) is 8.05. The van der Waals surface area contributed by atoms with Gasteiger partial charge in [0.05, 0.1) is 6.26 Å². The zero-order chi connectivity index (χ0) is 12.3. The summed E-state index contributed by atoms with van der Waals surface area (Å²) in [6, 6.07) is 3.98. The minimum atomic E-state index is -3.03. The Morgan fingerprint density at radius 3 is 2.29 bits per heavy atom. The molecule has 1 aliphatic rings. The molecule has 0 N–H and O–H groups in total. The molecule has 2 heterocycles. The van der Waals surface area contributed by atoms with E-state index in [0.29, 0.717) is 13.1 Å². The Kier molecular flexibility index (Phi) is 3.76. The first kappa shape index (κ1) is 12.5. The highest BCUT2D eigenvalue weighted by Gasteiger charge is 2.22. The third kappa shape index (κ3) is 3.49. The second-order valence-electron chi connectivity index (χ2n) is 4.29. The summed E-state index contributed by atoms with van der Waals surface area (Å²) >= 11 is 0. The molecular formula is C11H17N3O2S. The summed E-state index contributed by atoms with van der Waals surface area (Å²) in [5.41, 5.74) is 1.22. The van der Waals surface area contributed by atoms with E-state index in [0.717, 1.165) is 19.6 Å². The van der Waals surface area contributed by atoms with Gasteiger partial charge in [-0.05, 0) is 17.7 Å². The van der Waals surface area contributed by atoms with Gasteiger partial charge in [0, 0.05) is 45.1 Å². The van der Waals surface area contributed by atoms with Gasteiger partial charge in [0.1, 0.15) is 0 Å². The summed E-state index contributed by atoms with van der Waals surface area (Å²) in [5, 5.41) is 0. The van der Waals surface area contributed by atoms with E-state index >= 15 is 0 Å². The van der Waals surface area contributed by atoms with Gasteiger partial charge >= 0.3 is 0 Å². The monoisotopic (exact) mass is 255 g/mol. The number of aromatic nitrogens is 1. The quantitative estimate of drug-likeness (QED) is 0.772. The maximum Gasteiger partial charge on any atom is 0.211 e. The fourth-order valence-electron chi connectivity index (χ4n) is 1.97. The van der Waals surface area contributed by atoms with Crippen LogP contribution in [0.1, 0.15) is 5.56 Å². The van der Waals surface area contributed by atoms with Crippen LogP contribution in [-0.4, -0.2) is 55.0 Å². The molecule has 0 spiro atoms. The van der Waals surface area contributed by atoms with Gasteiger partial charge in [-0.1, -0.05) is 0 Å². The molecule has 0 atom stereocenters. The third-order valence-corrected chi connectivity index (χ3v) is 4.26. The number of pyridine rings is 1. The van der Waals surface area contributed by atoms with Crippen molar-refractivity contribution in [3.8, 4) is 0 Å². The van der Waals surface area contributed by atoms with Crippen LogP contribution in [0, 0.1) is 0 Å². The zero-order valence-electron chi connectivity index (χ0n) is 9.91. The first-order valence-electron chi connectivity index (χ1n) is 5.62. The van der Waals surface area contributed by atoms with Crippen molar-refractivity contribution in [3.05, 3.63) is 30.1 Å². The van der Waals surface area contributed by atoms with Gasteiger partial charge in [0.2, 0.25) is 10.0 Å². The maximum atomic E-state index is 11.4. The lowest BCUT2D eigenvalue weighted by atomic mass is 10.2. The smallest absolute Gasteiger partial charge is 0.211 e. The lowest BCUT2D eigenvalue weighted by Crippen LogP contribution is -2.47. The van der Waals surface area contributed by atoms with Gasteiger partial charge in [-0.3, -0.25) is 9.88 Å². The molecule has 1 saturated heterocycles. The summed E-state index contributed by atoms with van der Waals surface area (Å²) in [5.74, 6) is 0. The van der Waals surface area contributed by atoms with E-state index in [1.54, 1.807) is 12.4 Å². The summed E-state index contributed by atoms with van der Waals surface area (Å²) in [4.78, 5) is 6.24. The predicted octanol–water partition coefficient (Wildman–Crippen LogP) is 0.159. The molecule has 1 aromatic heterocycles. The Hall–Kier alpha value is -0.980. The number of rotatable bonds is 3. The number of hydrogen-bond donors (Lipinski definition) is 0. The Morgan fingerprint density at radius 1 is 1.18 bits per heavy atom. The fourth-order valence-corrected chi connectivity index (χ4v) is 2.79. The molecule has 1 fully saturated rings. The molecular weight excluding hydrogens is 238 g/mol.